The van der Waals surface area contributed by atoms with Crippen LogP contribution in [0.2, 0.25) is 10.0 Å². The van der Waals surface area contributed by atoms with Crippen molar-refractivity contribution in [2.24, 2.45) is 5.92 Å². The van der Waals surface area contributed by atoms with Gasteiger partial charge in [-0.15, -0.1) is 0 Å². The smallest absolute Gasteiger partial charge is 0.412 e. The number of ether oxygens (including phenoxy) is 1. The molecule has 1 atom stereocenters. The van der Waals surface area contributed by atoms with Crippen molar-refractivity contribution in [2.45, 2.75) is 32.4 Å². The average molecular weight is 464 g/mol. The van der Waals surface area contributed by atoms with Crippen LogP contribution in [0.4, 0.5) is 10.5 Å². The summed E-state index contributed by atoms with van der Waals surface area (Å²) >= 11 is 11.8. The number of nitrogens with zero attached hydrogens (tertiary/aromatic N) is 1. The van der Waals surface area contributed by atoms with Gasteiger partial charge in [0.25, 0.3) is 5.91 Å². The Labute approximate surface area is 192 Å². The van der Waals surface area contributed by atoms with Gasteiger partial charge in [0.05, 0.1) is 0 Å². The molecule has 1 heterocycles. The molecule has 1 fully saturated rings. The normalized spacial score (nSPS) is 15.8. The highest BCUT2D eigenvalue weighted by atomic mass is 35.5. The Bertz CT molecular complexity index is 884. The van der Waals surface area contributed by atoms with Crippen LogP contribution in [-0.4, -0.2) is 42.6 Å². The third-order valence-electron chi connectivity index (χ3n) is 5.32. The van der Waals surface area contributed by atoms with Crippen LogP contribution in [-0.2, 0) is 16.1 Å². The van der Waals surface area contributed by atoms with E-state index in [4.69, 9.17) is 27.9 Å². The van der Waals surface area contributed by atoms with E-state index < -0.39 is 12.2 Å². The first-order valence-electron chi connectivity index (χ1n) is 10.4. The van der Waals surface area contributed by atoms with E-state index in [-0.39, 0.29) is 5.91 Å². The summed E-state index contributed by atoms with van der Waals surface area (Å²) in [6.07, 6.45) is 0.445. The summed E-state index contributed by atoms with van der Waals surface area (Å²) in [6, 6.07) is 14.7. The molecule has 1 unspecified atom stereocenters. The lowest BCUT2D eigenvalue weighted by molar-refractivity contribution is -0.128. The Hall–Kier alpha value is -2.28. The van der Waals surface area contributed by atoms with E-state index in [0.29, 0.717) is 23.2 Å². The molecule has 1 aliphatic rings. The summed E-state index contributed by atoms with van der Waals surface area (Å²) in [5.74, 6) is 0.114. The van der Waals surface area contributed by atoms with Crippen LogP contribution in [0.1, 0.15) is 25.3 Å². The Morgan fingerprint density at radius 2 is 1.81 bits per heavy atom. The zero-order valence-electron chi connectivity index (χ0n) is 17.4. The summed E-state index contributed by atoms with van der Waals surface area (Å²) in [4.78, 5) is 26.7. The van der Waals surface area contributed by atoms with Crippen LogP contribution in [0.3, 0.4) is 0 Å². The Balaban J connectivity index is 1.34. The van der Waals surface area contributed by atoms with Gasteiger partial charge >= 0.3 is 6.09 Å². The number of rotatable bonds is 7. The van der Waals surface area contributed by atoms with Crippen LogP contribution in [0.5, 0.6) is 0 Å². The molecule has 3 rings (SSSR count). The number of hydrogen-bond donors (Lipinski definition) is 2. The third-order valence-corrected chi connectivity index (χ3v) is 5.80. The number of likely N-dealkylation sites (tertiary alicyclic amines) is 1. The molecule has 0 saturated carbocycles. The van der Waals surface area contributed by atoms with Crippen LogP contribution < -0.4 is 10.6 Å². The Morgan fingerprint density at radius 1 is 1.10 bits per heavy atom. The highest BCUT2D eigenvalue weighted by molar-refractivity contribution is 6.31. The minimum Gasteiger partial charge on any atom is -0.436 e. The van der Waals surface area contributed by atoms with E-state index in [1.54, 1.807) is 31.2 Å². The molecule has 1 saturated heterocycles. The van der Waals surface area contributed by atoms with Gasteiger partial charge in [0, 0.05) is 28.8 Å². The van der Waals surface area contributed by atoms with Crippen molar-refractivity contribution in [3.8, 4) is 0 Å². The molecule has 6 nitrogen and oxygen atoms in total. The van der Waals surface area contributed by atoms with Gasteiger partial charge in [0.15, 0.2) is 6.10 Å². The van der Waals surface area contributed by atoms with Crippen LogP contribution >= 0.6 is 23.2 Å². The van der Waals surface area contributed by atoms with E-state index >= 15 is 0 Å². The van der Waals surface area contributed by atoms with Gasteiger partial charge in [0.1, 0.15) is 0 Å². The van der Waals surface area contributed by atoms with Crippen LogP contribution in [0.25, 0.3) is 0 Å². The highest BCUT2D eigenvalue weighted by Gasteiger charge is 2.22. The number of amides is 2. The summed E-state index contributed by atoms with van der Waals surface area (Å²) in [6.45, 7) is 5.01. The maximum absolute atomic E-state index is 12.3. The van der Waals surface area contributed by atoms with Gasteiger partial charge in [-0.1, -0.05) is 41.4 Å². The second-order valence-corrected chi connectivity index (χ2v) is 8.65. The SMILES string of the molecule is CC(OC(=O)Nc1cccc(Cl)c1)C(=O)NCC1CCN(Cc2ccc(Cl)cc2)CC1. The topological polar surface area (TPSA) is 70.7 Å². The highest BCUT2D eigenvalue weighted by Crippen LogP contribution is 2.19. The first-order chi connectivity index (χ1) is 14.9. The second kappa shape index (κ2) is 11.4. The molecule has 0 bridgehead atoms. The summed E-state index contributed by atoms with van der Waals surface area (Å²) in [5, 5.41) is 6.72. The van der Waals surface area contributed by atoms with Crippen molar-refractivity contribution in [1.29, 1.82) is 0 Å². The van der Waals surface area contributed by atoms with Crippen LogP contribution in [0.15, 0.2) is 48.5 Å². The lowest BCUT2D eigenvalue weighted by atomic mass is 9.96. The number of benzene rings is 2. The average Bonchev–Trinajstić information content (AvgIpc) is 2.74. The first-order valence-corrected chi connectivity index (χ1v) is 11.1. The second-order valence-electron chi connectivity index (χ2n) is 7.77. The quantitative estimate of drug-likeness (QED) is 0.608. The van der Waals surface area contributed by atoms with E-state index in [9.17, 15) is 9.59 Å². The molecule has 0 spiro atoms. The largest absolute Gasteiger partial charge is 0.436 e. The van der Waals surface area contributed by atoms with E-state index in [0.717, 1.165) is 37.5 Å². The zero-order valence-corrected chi connectivity index (χ0v) is 19.0. The van der Waals surface area contributed by atoms with Crippen molar-refractivity contribution >= 4 is 40.9 Å². The third kappa shape index (κ3) is 7.73. The summed E-state index contributed by atoms with van der Waals surface area (Å²) in [5.41, 5.74) is 1.76. The number of carbonyl (C=O) groups is 2. The number of halogens is 2. The maximum atomic E-state index is 12.3. The first kappa shape index (κ1) is 23.4. The molecule has 2 aromatic rings. The predicted molar refractivity (Wildman–Crippen MR) is 123 cm³/mol. The van der Waals surface area contributed by atoms with Gasteiger partial charge in [-0.25, -0.2) is 4.79 Å². The fraction of sp³-hybridized carbons (Fsp3) is 0.391. The molecule has 166 valence electrons. The zero-order chi connectivity index (χ0) is 22.2. The van der Waals surface area contributed by atoms with E-state index in [1.165, 1.54) is 5.56 Å². The fourth-order valence-corrected chi connectivity index (χ4v) is 3.83. The van der Waals surface area contributed by atoms with Crippen LogP contribution in [0, 0.1) is 5.92 Å². The minimum absolute atomic E-state index is 0.301. The number of anilines is 1. The van der Waals surface area contributed by atoms with Gasteiger partial charge in [-0.3, -0.25) is 15.0 Å². The lowest BCUT2D eigenvalue weighted by Crippen LogP contribution is -2.42. The number of piperidine rings is 1. The van der Waals surface area contributed by atoms with Crippen molar-refractivity contribution in [2.75, 3.05) is 25.0 Å². The van der Waals surface area contributed by atoms with Gasteiger partial charge in [-0.2, -0.15) is 0 Å². The standard InChI is InChI=1S/C23H27Cl2N3O3/c1-16(31-23(30)27-21-4-2-3-20(25)13-21)22(29)26-14-17-9-11-28(12-10-17)15-18-5-7-19(24)8-6-18/h2-8,13,16-17H,9-12,14-15H2,1H3,(H,26,29)(H,27,30). The number of hydrogen-bond acceptors (Lipinski definition) is 4. The molecule has 2 N–H and O–H groups in total. The van der Waals surface area contributed by atoms with Crippen molar-refractivity contribution in [3.63, 3.8) is 0 Å². The Kier molecular flexibility index (Phi) is 8.58. The molecule has 2 aromatic carbocycles. The maximum Gasteiger partial charge on any atom is 0.412 e. The van der Waals surface area contributed by atoms with Crippen molar-refractivity contribution in [3.05, 3.63) is 64.1 Å². The molecule has 1 aliphatic heterocycles. The van der Waals surface area contributed by atoms with E-state index in [2.05, 4.69) is 27.7 Å². The molecule has 2 amide bonds. The monoisotopic (exact) mass is 463 g/mol. The number of carbonyl (C=O) groups excluding carboxylic acids is 2. The van der Waals surface area contributed by atoms with Crippen molar-refractivity contribution in [1.82, 2.24) is 10.2 Å². The molecular formula is C23H27Cl2N3O3. The van der Waals surface area contributed by atoms with E-state index in [1.807, 2.05) is 12.1 Å². The minimum atomic E-state index is -0.885. The molecule has 31 heavy (non-hydrogen) atoms. The van der Waals surface area contributed by atoms with Gasteiger partial charge in [-0.05, 0) is 74.7 Å². The van der Waals surface area contributed by atoms with Gasteiger partial charge < -0.3 is 10.1 Å². The molecular weight excluding hydrogens is 437 g/mol. The summed E-state index contributed by atoms with van der Waals surface area (Å²) in [7, 11) is 0. The molecule has 8 heteroatoms. The summed E-state index contributed by atoms with van der Waals surface area (Å²) < 4.78 is 5.16. The van der Waals surface area contributed by atoms with Crippen molar-refractivity contribution < 1.29 is 14.3 Å². The fourth-order valence-electron chi connectivity index (χ4n) is 3.51. The lowest BCUT2D eigenvalue weighted by Gasteiger charge is -2.32. The molecule has 0 aliphatic carbocycles. The Morgan fingerprint density at radius 3 is 2.48 bits per heavy atom. The molecule has 0 radical (unpaired) electrons. The molecule has 0 aromatic heterocycles. The number of nitrogens with one attached hydrogen (secondary N) is 2. The van der Waals surface area contributed by atoms with Gasteiger partial charge in [0.2, 0.25) is 0 Å². The predicted octanol–water partition coefficient (Wildman–Crippen LogP) is 4.96.